The molecule has 0 saturated heterocycles. The molecule has 0 radical (unpaired) electrons. The number of carbonyl (C=O) groups is 1. The van der Waals surface area contributed by atoms with E-state index in [9.17, 15) is 23.3 Å². The zero-order valence-corrected chi connectivity index (χ0v) is 17.8. The molecule has 1 fully saturated rings. The summed E-state index contributed by atoms with van der Waals surface area (Å²) in [6.45, 7) is 0. The SMILES string of the molecule is O=C(NC1(c2ccccc2)CCC1)c1ccc(NS(=O)(=O)c2cccc([N+](=O)[O-])c2)cc1. The number of non-ortho nitro benzene ring substituents is 1. The van der Waals surface area contributed by atoms with Gasteiger partial charge in [-0.25, -0.2) is 8.42 Å². The van der Waals surface area contributed by atoms with Crippen molar-refractivity contribution in [3.05, 3.63) is 100 Å². The third-order valence-corrected chi connectivity index (χ3v) is 7.00. The summed E-state index contributed by atoms with van der Waals surface area (Å²) in [6, 6.07) is 20.7. The van der Waals surface area contributed by atoms with Crippen LogP contribution in [0.15, 0.2) is 83.8 Å². The maximum Gasteiger partial charge on any atom is 0.270 e. The van der Waals surface area contributed by atoms with E-state index in [1.54, 1.807) is 0 Å². The summed E-state index contributed by atoms with van der Waals surface area (Å²) in [6.07, 6.45) is 2.77. The van der Waals surface area contributed by atoms with Crippen molar-refractivity contribution in [3.63, 3.8) is 0 Å². The number of nitro benzene ring substituents is 1. The standard InChI is InChI=1S/C23H21N3O5S/c27-22(24-23(14-5-15-23)18-6-2-1-3-7-18)17-10-12-19(13-11-17)25-32(30,31)21-9-4-8-20(16-21)26(28)29/h1-4,6-13,16,25H,5,14-15H2,(H,24,27). The molecule has 9 heteroatoms. The van der Waals surface area contributed by atoms with Gasteiger partial charge >= 0.3 is 0 Å². The molecule has 0 bridgehead atoms. The third-order valence-electron chi connectivity index (χ3n) is 5.62. The summed E-state index contributed by atoms with van der Waals surface area (Å²) in [4.78, 5) is 22.9. The molecule has 4 rings (SSSR count). The lowest BCUT2D eigenvalue weighted by molar-refractivity contribution is -0.385. The number of amides is 1. The predicted octanol–water partition coefficient (Wildman–Crippen LogP) is 4.20. The highest BCUT2D eigenvalue weighted by Gasteiger charge is 2.40. The fourth-order valence-electron chi connectivity index (χ4n) is 3.73. The molecule has 8 nitrogen and oxygen atoms in total. The first-order valence-corrected chi connectivity index (χ1v) is 11.5. The number of nitro groups is 1. The molecule has 0 heterocycles. The Hall–Kier alpha value is -3.72. The summed E-state index contributed by atoms with van der Waals surface area (Å²) >= 11 is 0. The van der Waals surface area contributed by atoms with Crippen LogP contribution in [0.2, 0.25) is 0 Å². The van der Waals surface area contributed by atoms with E-state index in [4.69, 9.17) is 0 Å². The number of sulfonamides is 1. The summed E-state index contributed by atoms with van der Waals surface area (Å²) in [5.41, 5.74) is 1.03. The Morgan fingerprint density at radius 3 is 2.22 bits per heavy atom. The average molecular weight is 452 g/mol. The van der Waals surface area contributed by atoms with Crippen LogP contribution in [0.3, 0.4) is 0 Å². The molecule has 1 aliphatic carbocycles. The molecule has 3 aromatic rings. The Morgan fingerprint density at radius 2 is 1.62 bits per heavy atom. The Morgan fingerprint density at radius 1 is 0.938 bits per heavy atom. The fraction of sp³-hybridized carbons (Fsp3) is 0.174. The summed E-state index contributed by atoms with van der Waals surface area (Å²) in [5.74, 6) is -0.235. The zero-order valence-electron chi connectivity index (χ0n) is 17.0. The number of hydrogen-bond acceptors (Lipinski definition) is 5. The van der Waals surface area contributed by atoms with Crippen LogP contribution in [0.5, 0.6) is 0 Å². The van der Waals surface area contributed by atoms with Crippen LogP contribution in [0.25, 0.3) is 0 Å². The smallest absolute Gasteiger partial charge is 0.270 e. The number of carbonyl (C=O) groups excluding carboxylic acids is 1. The van der Waals surface area contributed by atoms with Crippen molar-refractivity contribution in [1.82, 2.24) is 5.32 Å². The van der Waals surface area contributed by atoms with Gasteiger partial charge in [-0.15, -0.1) is 0 Å². The van der Waals surface area contributed by atoms with Gasteiger partial charge in [-0.3, -0.25) is 19.6 Å². The summed E-state index contributed by atoms with van der Waals surface area (Å²) in [5, 5.41) is 14.0. The Labute approximate surface area is 185 Å². The second-order valence-corrected chi connectivity index (χ2v) is 9.38. The van der Waals surface area contributed by atoms with Gasteiger partial charge in [0.25, 0.3) is 21.6 Å². The number of rotatable bonds is 7. The van der Waals surface area contributed by atoms with Crippen molar-refractivity contribution < 1.29 is 18.1 Å². The van der Waals surface area contributed by atoms with Gasteiger partial charge in [0.05, 0.1) is 15.4 Å². The molecule has 0 aliphatic heterocycles. The Bertz CT molecular complexity index is 1250. The monoisotopic (exact) mass is 451 g/mol. The molecule has 1 amide bonds. The number of nitrogens with one attached hydrogen (secondary N) is 2. The van der Waals surface area contributed by atoms with Crippen LogP contribution >= 0.6 is 0 Å². The molecule has 0 unspecified atom stereocenters. The van der Waals surface area contributed by atoms with Crippen molar-refractivity contribution in [1.29, 1.82) is 0 Å². The van der Waals surface area contributed by atoms with Crippen molar-refractivity contribution in [2.75, 3.05) is 4.72 Å². The average Bonchev–Trinajstić information content (AvgIpc) is 2.77. The van der Waals surface area contributed by atoms with Gasteiger partial charge in [0.1, 0.15) is 0 Å². The van der Waals surface area contributed by atoms with E-state index in [1.807, 2.05) is 30.3 Å². The quantitative estimate of drug-likeness (QED) is 0.412. The maximum atomic E-state index is 12.8. The molecular formula is C23H21N3O5S. The molecule has 0 atom stereocenters. The molecule has 3 aromatic carbocycles. The lowest BCUT2D eigenvalue weighted by Crippen LogP contribution is -2.50. The van der Waals surface area contributed by atoms with Crippen LogP contribution in [0.1, 0.15) is 35.2 Å². The van der Waals surface area contributed by atoms with Crippen LogP contribution < -0.4 is 10.0 Å². The molecular weight excluding hydrogens is 430 g/mol. The van der Waals surface area contributed by atoms with E-state index < -0.39 is 14.9 Å². The normalized spacial score (nSPS) is 14.8. The van der Waals surface area contributed by atoms with Gasteiger partial charge in [-0.2, -0.15) is 0 Å². The Kier molecular flexibility index (Phi) is 5.67. The van der Waals surface area contributed by atoms with Crippen molar-refractivity contribution in [3.8, 4) is 0 Å². The van der Waals surface area contributed by atoms with Gasteiger partial charge in [0.15, 0.2) is 0 Å². The predicted molar refractivity (Wildman–Crippen MR) is 120 cm³/mol. The second-order valence-electron chi connectivity index (χ2n) is 7.69. The molecule has 1 aliphatic rings. The largest absolute Gasteiger partial charge is 0.343 e. The topological polar surface area (TPSA) is 118 Å². The fourth-order valence-corrected chi connectivity index (χ4v) is 4.83. The maximum absolute atomic E-state index is 12.8. The highest BCUT2D eigenvalue weighted by molar-refractivity contribution is 7.92. The molecule has 0 spiro atoms. The second kappa shape index (κ2) is 8.43. The van der Waals surface area contributed by atoms with Gasteiger partial charge in [-0.1, -0.05) is 36.4 Å². The highest BCUT2D eigenvalue weighted by atomic mass is 32.2. The molecule has 1 saturated carbocycles. The molecule has 164 valence electrons. The first-order valence-electron chi connectivity index (χ1n) is 10.0. The minimum Gasteiger partial charge on any atom is -0.343 e. The van der Waals surface area contributed by atoms with Crippen LogP contribution in [0.4, 0.5) is 11.4 Å². The first-order chi connectivity index (χ1) is 15.3. The van der Waals surface area contributed by atoms with E-state index in [0.29, 0.717) is 5.56 Å². The van der Waals surface area contributed by atoms with Gasteiger partial charge in [0, 0.05) is 23.4 Å². The van der Waals surface area contributed by atoms with E-state index in [2.05, 4.69) is 10.0 Å². The molecule has 32 heavy (non-hydrogen) atoms. The minimum absolute atomic E-state index is 0.219. The summed E-state index contributed by atoms with van der Waals surface area (Å²) in [7, 11) is -4.02. The van der Waals surface area contributed by atoms with Crippen molar-refractivity contribution >= 4 is 27.3 Å². The van der Waals surface area contributed by atoms with Crippen molar-refractivity contribution in [2.45, 2.75) is 29.7 Å². The number of hydrogen-bond donors (Lipinski definition) is 2. The number of anilines is 1. The van der Waals surface area contributed by atoms with E-state index in [1.165, 1.54) is 42.5 Å². The number of benzene rings is 3. The lowest BCUT2D eigenvalue weighted by atomic mass is 9.71. The van der Waals surface area contributed by atoms with E-state index in [-0.39, 0.29) is 27.7 Å². The number of nitrogens with zero attached hydrogens (tertiary/aromatic N) is 1. The third kappa shape index (κ3) is 4.33. The van der Waals surface area contributed by atoms with Crippen LogP contribution in [-0.2, 0) is 15.6 Å². The van der Waals surface area contributed by atoms with Crippen molar-refractivity contribution in [2.24, 2.45) is 0 Å². The molecule has 2 N–H and O–H groups in total. The van der Waals surface area contributed by atoms with Gasteiger partial charge < -0.3 is 5.32 Å². The van der Waals surface area contributed by atoms with Gasteiger partial charge in [0.2, 0.25) is 0 Å². The highest BCUT2D eigenvalue weighted by Crippen LogP contribution is 2.41. The minimum atomic E-state index is -4.02. The molecule has 0 aromatic heterocycles. The Balaban J connectivity index is 1.48. The van der Waals surface area contributed by atoms with Crippen LogP contribution in [0, 0.1) is 10.1 Å². The van der Waals surface area contributed by atoms with E-state index >= 15 is 0 Å². The lowest BCUT2D eigenvalue weighted by Gasteiger charge is -2.43. The first kappa shape index (κ1) is 21.5. The van der Waals surface area contributed by atoms with E-state index in [0.717, 1.165) is 30.9 Å². The van der Waals surface area contributed by atoms with Crippen LogP contribution in [-0.4, -0.2) is 19.2 Å². The van der Waals surface area contributed by atoms with Gasteiger partial charge in [-0.05, 0) is 55.2 Å². The zero-order chi connectivity index (χ0) is 22.8. The summed E-state index contributed by atoms with van der Waals surface area (Å²) < 4.78 is 27.5.